The largest absolute Gasteiger partial charge is 0.497 e. The van der Waals surface area contributed by atoms with E-state index in [1.54, 1.807) is 19.2 Å². The number of amides is 2. The van der Waals surface area contributed by atoms with Gasteiger partial charge in [-0.25, -0.2) is 9.79 Å². The first-order valence-electron chi connectivity index (χ1n) is 8.25. The number of carbonyl (C=O) groups is 2. The molecule has 0 saturated carbocycles. The van der Waals surface area contributed by atoms with Crippen molar-refractivity contribution >= 4 is 17.5 Å². The van der Waals surface area contributed by atoms with Crippen molar-refractivity contribution in [3.05, 3.63) is 65.7 Å². The molecule has 0 aliphatic carbocycles. The lowest BCUT2D eigenvalue weighted by Crippen LogP contribution is -2.44. The highest BCUT2D eigenvalue weighted by Crippen LogP contribution is 2.32. The van der Waals surface area contributed by atoms with Crippen LogP contribution < -0.4 is 10.1 Å². The smallest absolute Gasteiger partial charge is 0.341 e. The van der Waals surface area contributed by atoms with Gasteiger partial charge in [0.15, 0.2) is 5.78 Å². The molecule has 128 valence electrons. The molecule has 25 heavy (non-hydrogen) atoms. The van der Waals surface area contributed by atoms with Gasteiger partial charge in [0.25, 0.3) is 0 Å². The van der Waals surface area contributed by atoms with E-state index in [0.29, 0.717) is 23.4 Å². The Kier molecular flexibility index (Phi) is 4.93. The number of Topliss-reactive ketones (excluding diaryl/α,β-unsaturated/α-hetero) is 1. The number of hydrogen-bond donors (Lipinski definition) is 1. The van der Waals surface area contributed by atoms with Gasteiger partial charge < -0.3 is 10.1 Å². The van der Waals surface area contributed by atoms with E-state index in [4.69, 9.17) is 4.74 Å². The molecule has 3 rings (SSSR count). The Bertz CT molecular complexity index is 815. The molecule has 2 aromatic carbocycles. The van der Waals surface area contributed by atoms with E-state index in [1.165, 1.54) is 0 Å². The molecule has 0 fully saturated rings. The molecular weight excluding hydrogens is 316 g/mol. The number of rotatable bonds is 5. The van der Waals surface area contributed by atoms with Gasteiger partial charge >= 0.3 is 6.03 Å². The van der Waals surface area contributed by atoms with E-state index in [1.807, 2.05) is 49.4 Å². The summed E-state index contributed by atoms with van der Waals surface area (Å²) in [5.74, 6) is 0.101. The minimum atomic E-state index is -0.530. The van der Waals surface area contributed by atoms with Crippen molar-refractivity contribution in [3.63, 3.8) is 0 Å². The van der Waals surface area contributed by atoms with E-state index in [9.17, 15) is 9.59 Å². The number of methoxy groups -OCH3 is 1. The van der Waals surface area contributed by atoms with E-state index in [0.717, 1.165) is 5.56 Å². The summed E-state index contributed by atoms with van der Waals surface area (Å²) in [6.07, 6.45) is 0.539. The van der Waals surface area contributed by atoms with Gasteiger partial charge in [0.1, 0.15) is 5.75 Å². The Labute approximate surface area is 146 Å². The van der Waals surface area contributed by atoms with Crippen LogP contribution in [0.25, 0.3) is 0 Å². The number of ketones is 1. The normalized spacial score (nSPS) is 19.8. The van der Waals surface area contributed by atoms with Crippen LogP contribution in [0.3, 0.4) is 0 Å². The van der Waals surface area contributed by atoms with Crippen LogP contribution in [0.4, 0.5) is 4.79 Å². The standard InChI is InChI=1S/C20H20N2O3/c1-3-16-17(19(23)13-8-5-4-6-9-13)18(22-20(24)21-16)14-10-7-11-15(12-14)25-2/h4-12,17-18H,3H2,1-2H3,(H,22,24). The minimum absolute atomic E-state index is 0.0472. The average molecular weight is 336 g/mol. The molecule has 1 N–H and O–H groups in total. The maximum absolute atomic E-state index is 13.2. The van der Waals surface area contributed by atoms with Crippen molar-refractivity contribution < 1.29 is 14.3 Å². The second-order valence-corrected chi connectivity index (χ2v) is 5.87. The minimum Gasteiger partial charge on any atom is -0.497 e. The second-order valence-electron chi connectivity index (χ2n) is 5.87. The Hall–Kier alpha value is -2.95. The number of benzene rings is 2. The van der Waals surface area contributed by atoms with Crippen molar-refractivity contribution in [2.45, 2.75) is 19.4 Å². The zero-order valence-corrected chi connectivity index (χ0v) is 14.2. The van der Waals surface area contributed by atoms with Gasteiger partial charge in [-0.15, -0.1) is 0 Å². The summed E-state index contributed by atoms with van der Waals surface area (Å²) < 4.78 is 5.28. The van der Waals surface area contributed by atoms with Crippen molar-refractivity contribution in [3.8, 4) is 5.75 Å². The quantitative estimate of drug-likeness (QED) is 0.844. The number of hydrogen-bond acceptors (Lipinski definition) is 3. The highest BCUT2D eigenvalue weighted by Gasteiger charge is 2.38. The van der Waals surface area contributed by atoms with Crippen LogP contribution in [0.15, 0.2) is 59.6 Å². The summed E-state index contributed by atoms with van der Waals surface area (Å²) in [5, 5.41) is 2.85. The monoisotopic (exact) mass is 336 g/mol. The molecule has 1 heterocycles. The number of urea groups is 1. The van der Waals surface area contributed by atoms with Gasteiger partial charge in [0.05, 0.1) is 19.1 Å². The van der Waals surface area contributed by atoms with Crippen LogP contribution in [-0.4, -0.2) is 24.6 Å². The molecule has 2 amide bonds. The van der Waals surface area contributed by atoms with Gasteiger partial charge in [0, 0.05) is 11.3 Å². The van der Waals surface area contributed by atoms with Crippen molar-refractivity contribution in [1.29, 1.82) is 0 Å². The number of nitrogens with one attached hydrogen (secondary N) is 1. The first-order chi connectivity index (χ1) is 12.1. The van der Waals surface area contributed by atoms with E-state index >= 15 is 0 Å². The average Bonchev–Trinajstić information content (AvgIpc) is 2.67. The number of aliphatic imine (C=N–C) groups is 1. The van der Waals surface area contributed by atoms with Crippen LogP contribution in [0.5, 0.6) is 5.75 Å². The summed E-state index contributed by atoms with van der Waals surface area (Å²) in [7, 11) is 1.59. The fourth-order valence-electron chi connectivity index (χ4n) is 3.14. The second kappa shape index (κ2) is 7.30. The fraction of sp³-hybridized carbons (Fsp3) is 0.250. The predicted molar refractivity (Wildman–Crippen MR) is 96.3 cm³/mol. The van der Waals surface area contributed by atoms with Crippen LogP contribution in [0.1, 0.15) is 35.3 Å². The first-order valence-corrected chi connectivity index (χ1v) is 8.25. The predicted octanol–water partition coefficient (Wildman–Crippen LogP) is 3.81. The van der Waals surface area contributed by atoms with E-state index in [2.05, 4.69) is 10.3 Å². The molecule has 2 unspecified atom stereocenters. The summed E-state index contributed by atoms with van der Waals surface area (Å²) in [5.41, 5.74) is 2.03. The lowest BCUT2D eigenvalue weighted by Gasteiger charge is -2.31. The lowest BCUT2D eigenvalue weighted by atomic mass is 9.81. The van der Waals surface area contributed by atoms with Gasteiger partial charge in [-0.05, 0) is 24.1 Å². The summed E-state index contributed by atoms with van der Waals surface area (Å²) in [6, 6.07) is 15.6. The van der Waals surface area contributed by atoms with Gasteiger partial charge in [-0.3, -0.25) is 4.79 Å². The van der Waals surface area contributed by atoms with Crippen LogP contribution in [-0.2, 0) is 0 Å². The highest BCUT2D eigenvalue weighted by atomic mass is 16.5. The van der Waals surface area contributed by atoms with Crippen LogP contribution >= 0.6 is 0 Å². The number of nitrogens with zero attached hydrogens (tertiary/aromatic N) is 1. The fourth-order valence-corrected chi connectivity index (χ4v) is 3.14. The van der Waals surface area contributed by atoms with E-state index < -0.39 is 18.0 Å². The molecule has 0 spiro atoms. The molecule has 0 aromatic heterocycles. The third-order valence-corrected chi connectivity index (χ3v) is 4.37. The zero-order chi connectivity index (χ0) is 17.8. The van der Waals surface area contributed by atoms with Crippen molar-refractivity contribution in [2.24, 2.45) is 10.9 Å². The first kappa shape index (κ1) is 16.9. The number of carbonyl (C=O) groups excluding carboxylic acids is 2. The third kappa shape index (κ3) is 3.45. The topological polar surface area (TPSA) is 67.8 Å². The summed E-state index contributed by atoms with van der Waals surface area (Å²) in [6.45, 7) is 1.91. The lowest BCUT2D eigenvalue weighted by molar-refractivity contribution is 0.0932. The van der Waals surface area contributed by atoms with Crippen molar-refractivity contribution in [1.82, 2.24) is 5.32 Å². The molecule has 5 nitrogen and oxygen atoms in total. The Morgan fingerprint density at radius 3 is 2.60 bits per heavy atom. The SMILES string of the molecule is CCC1=NC(=O)NC(c2cccc(OC)c2)C1C(=O)c1ccccc1. The molecule has 1 aliphatic rings. The van der Waals surface area contributed by atoms with Gasteiger partial charge in [-0.1, -0.05) is 49.4 Å². The summed E-state index contributed by atoms with van der Waals surface area (Å²) in [4.78, 5) is 29.2. The molecule has 0 saturated heterocycles. The van der Waals surface area contributed by atoms with Gasteiger partial charge in [-0.2, -0.15) is 0 Å². The third-order valence-electron chi connectivity index (χ3n) is 4.37. The van der Waals surface area contributed by atoms with E-state index in [-0.39, 0.29) is 5.78 Å². The molecule has 2 aromatic rings. The molecule has 2 atom stereocenters. The highest BCUT2D eigenvalue weighted by molar-refractivity contribution is 6.16. The maximum Gasteiger partial charge on any atom is 0.341 e. The molecular formula is C20H20N2O3. The Balaban J connectivity index is 2.06. The molecule has 5 heteroatoms. The molecule has 1 aliphatic heterocycles. The Morgan fingerprint density at radius 2 is 1.92 bits per heavy atom. The number of ether oxygens (including phenoxy) is 1. The summed E-state index contributed by atoms with van der Waals surface area (Å²) >= 11 is 0. The van der Waals surface area contributed by atoms with Crippen LogP contribution in [0, 0.1) is 5.92 Å². The molecule has 0 radical (unpaired) electrons. The van der Waals surface area contributed by atoms with Gasteiger partial charge in [0.2, 0.25) is 0 Å². The zero-order valence-electron chi connectivity index (χ0n) is 14.2. The van der Waals surface area contributed by atoms with Crippen molar-refractivity contribution in [2.75, 3.05) is 7.11 Å². The van der Waals surface area contributed by atoms with Crippen LogP contribution in [0.2, 0.25) is 0 Å². The molecule has 0 bridgehead atoms. The Morgan fingerprint density at radius 1 is 1.16 bits per heavy atom. The maximum atomic E-state index is 13.2.